The van der Waals surface area contributed by atoms with E-state index in [1.807, 2.05) is 37.3 Å². The van der Waals surface area contributed by atoms with Gasteiger partial charge in [0.05, 0.1) is 31.4 Å². The summed E-state index contributed by atoms with van der Waals surface area (Å²) in [5.41, 5.74) is 1.28. The molecule has 3 aromatic rings. The largest absolute Gasteiger partial charge is 0.494 e. The Morgan fingerprint density at radius 2 is 1.54 bits per heavy atom. The Bertz CT molecular complexity index is 1230. The Balaban J connectivity index is 1.96. The topological polar surface area (TPSA) is 85.4 Å². The molecule has 0 fully saturated rings. The SMILES string of the molecule is CCOc1ccc(N(CC(=O)N(C)Cc2ccccc2)S(=O)(=O)c2ccc(OC)c(OC)c2)cc1. The van der Waals surface area contributed by atoms with Crippen molar-refractivity contribution in [2.24, 2.45) is 0 Å². The van der Waals surface area contributed by atoms with Gasteiger partial charge < -0.3 is 19.1 Å². The molecule has 1 amide bonds. The summed E-state index contributed by atoms with van der Waals surface area (Å²) < 4.78 is 44.6. The number of anilines is 1. The number of carbonyl (C=O) groups excluding carboxylic acids is 1. The lowest BCUT2D eigenvalue weighted by atomic mass is 10.2. The first-order valence-corrected chi connectivity index (χ1v) is 12.5. The zero-order valence-corrected chi connectivity index (χ0v) is 21.1. The van der Waals surface area contributed by atoms with Crippen LogP contribution in [0.4, 0.5) is 5.69 Å². The number of benzene rings is 3. The first-order valence-electron chi connectivity index (χ1n) is 11.1. The van der Waals surface area contributed by atoms with Gasteiger partial charge in [-0.15, -0.1) is 0 Å². The quantitative estimate of drug-likeness (QED) is 0.398. The van der Waals surface area contributed by atoms with Crippen LogP contribution in [0, 0.1) is 0 Å². The van der Waals surface area contributed by atoms with Gasteiger partial charge in [0.15, 0.2) is 11.5 Å². The van der Waals surface area contributed by atoms with Gasteiger partial charge in [-0.2, -0.15) is 0 Å². The molecule has 0 bridgehead atoms. The Labute approximate surface area is 206 Å². The Morgan fingerprint density at radius 1 is 0.886 bits per heavy atom. The first-order chi connectivity index (χ1) is 16.8. The third-order valence-electron chi connectivity index (χ3n) is 5.35. The van der Waals surface area contributed by atoms with Crippen LogP contribution in [-0.4, -0.2) is 53.6 Å². The standard InChI is InChI=1S/C26H30N2O6S/c1-5-34-22-13-11-21(12-14-22)28(19-26(29)27(2)18-20-9-7-6-8-10-20)35(30,31)23-15-16-24(32-3)25(17-23)33-4/h6-17H,5,18-19H2,1-4H3. The van der Waals surface area contributed by atoms with E-state index in [0.717, 1.165) is 9.87 Å². The molecule has 3 aromatic carbocycles. The smallest absolute Gasteiger partial charge is 0.264 e. The van der Waals surface area contributed by atoms with Gasteiger partial charge in [0.2, 0.25) is 5.91 Å². The summed E-state index contributed by atoms with van der Waals surface area (Å²) in [6.07, 6.45) is 0. The van der Waals surface area contributed by atoms with E-state index in [4.69, 9.17) is 14.2 Å². The second-order valence-electron chi connectivity index (χ2n) is 7.69. The highest BCUT2D eigenvalue weighted by Gasteiger charge is 2.29. The summed E-state index contributed by atoms with van der Waals surface area (Å²) in [6.45, 7) is 2.32. The van der Waals surface area contributed by atoms with E-state index in [-0.39, 0.29) is 23.1 Å². The maximum absolute atomic E-state index is 13.8. The molecule has 0 aliphatic rings. The van der Waals surface area contributed by atoms with E-state index >= 15 is 0 Å². The highest BCUT2D eigenvalue weighted by molar-refractivity contribution is 7.92. The van der Waals surface area contributed by atoms with Crippen molar-refractivity contribution in [3.8, 4) is 17.2 Å². The van der Waals surface area contributed by atoms with Crippen LogP contribution in [0.2, 0.25) is 0 Å². The molecule has 0 heterocycles. The van der Waals surface area contributed by atoms with Crippen LogP contribution in [0.15, 0.2) is 77.7 Å². The van der Waals surface area contributed by atoms with E-state index in [1.54, 1.807) is 31.3 Å². The first kappa shape index (κ1) is 25.9. The molecular weight excluding hydrogens is 468 g/mol. The summed E-state index contributed by atoms with van der Waals surface area (Å²) in [6, 6.07) is 20.4. The molecule has 0 spiro atoms. The minimum Gasteiger partial charge on any atom is -0.494 e. The molecule has 0 unspecified atom stereocenters. The number of sulfonamides is 1. The van der Waals surface area contributed by atoms with Crippen LogP contribution >= 0.6 is 0 Å². The van der Waals surface area contributed by atoms with E-state index in [9.17, 15) is 13.2 Å². The lowest BCUT2D eigenvalue weighted by Crippen LogP contribution is -2.41. The number of rotatable bonds is 11. The number of nitrogens with zero attached hydrogens (tertiary/aromatic N) is 2. The zero-order valence-electron chi connectivity index (χ0n) is 20.3. The van der Waals surface area contributed by atoms with Crippen molar-refractivity contribution in [3.63, 3.8) is 0 Å². The van der Waals surface area contributed by atoms with Crippen LogP contribution < -0.4 is 18.5 Å². The van der Waals surface area contributed by atoms with Crippen molar-refractivity contribution in [3.05, 3.63) is 78.4 Å². The minimum absolute atomic E-state index is 0.0254. The number of likely N-dealkylation sites (N-methyl/N-ethyl adjacent to an activating group) is 1. The summed E-state index contributed by atoms with van der Waals surface area (Å²) in [7, 11) is 0.422. The normalized spacial score (nSPS) is 11.0. The maximum atomic E-state index is 13.8. The second kappa shape index (κ2) is 11.6. The molecule has 0 saturated carbocycles. The summed E-state index contributed by atoms with van der Waals surface area (Å²) >= 11 is 0. The third kappa shape index (κ3) is 6.24. The van der Waals surface area contributed by atoms with Gasteiger partial charge in [-0.25, -0.2) is 8.42 Å². The summed E-state index contributed by atoms with van der Waals surface area (Å²) in [5.74, 6) is 0.921. The van der Waals surface area contributed by atoms with E-state index < -0.39 is 10.0 Å². The van der Waals surface area contributed by atoms with Gasteiger partial charge in [-0.05, 0) is 48.9 Å². The molecule has 8 nitrogen and oxygen atoms in total. The molecule has 3 rings (SSSR count). The molecular formula is C26H30N2O6S. The van der Waals surface area contributed by atoms with Gasteiger partial charge in [-0.3, -0.25) is 9.10 Å². The summed E-state index contributed by atoms with van der Waals surface area (Å²) in [5, 5.41) is 0. The highest BCUT2D eigenvalue weighted by atomic mass is 32.2. The fourth-order valence-electron chi connectivity index (χ4n) is 3.48. The monoisotopic (exact) mass is 498 g/mol. The van der Waals surface area contributed by atoms with E-state index in [0.29, 0.717) is 30.3 Å². The Morgan fingerprint density at radius 3 is 2.14 bits per heavy atom. The van der Waals surface area contributed by atoms with Crippen LogP contribution in [-0.2, 0) is 21.4 Å². The number of carbonyl (C=O) groups is 1. The lowest BCUT2D eigenvalue weighted by molar-refractivity contribution is -0.128. The molecule has 9 heteroatoms. The van der Waals surface area contributed by atoms with Crippen LogP contribution in [0.5, 0.6) is 17.2 Å². The predicted molar refractivity (Wildman–Crippen MR) is 135 cm³/mol. The number of hydrogen-bond acceptors (Lipinski definition) is 6. The molecule has 0 radical (unpaired) electrons. The van der Waals surface area contributed by atoms with Crippen molar-refractivity contribution in [2.45, 2.75) is 18.4 Å². The fourth-order valence-corrected chi connectivity index (χ4v) is 4.91. The van der Waals surface area contributed by atoms with Crippen molar-refractivity contribution in [1.29, 1.82) is 0 Å². The predicted octanol–water partition coefficient (Wildman–Crippen LogP) is 3.96. The zero-order chi connectivity index (χ0) is 25.4. The van der Waals surface area contributed by atoms with E-state index in [1.165, 1.54) is 37.3 Å². The molecule has 0 aliphatic carbocycles. The number of hydrogen-bond donors (Lipinski definition) is 0. The highest BCUT2D eigenvalue weighted by Crippen LogP contribution is 2.32. The Kier molecular flexibility index (Phi) is 8.59. The molecule has 0 saturated heterocycles. The van der Waals surface area contributed by atoms with Crippen molar-refractivity contribution >= 4 is 21.6 Å². The van der Waals surface area contributed by atoms with Crippen molar-refractivity contribution in [2.75, 3.05) is 38.7 Å². The molecule has 35 heavy (non-hydrogen) atoms. The van der Waals surface area contributed by atoms with Crippen molar-refractivity contribution < 1.29 is 27.4 Å². The maximum Gasteiger partial charge on any atom is 0.264 e. The molecule has 0 aromatic heterocycles. The van der Waals surface area contributed by atoms with Crippen LogP contribution in [0.25, 0.3) is 0 Å². The molecule has 0 N–H and O–H groups in total. The van der Waals surface area contributed by atoms with Gasteiger partial charge in [0.1, 0.15) is 12.3 Å². The molecule has 0 atom stereocenters. The Hall–Kier alpha value is -3.72. The van der Waals surface area contributed by atoms with Gasteiger partial charge in [0.25, 0.3) is 10.0 Å². The average Bonchev–Trinajstić information content (AvgIpc) is 2.87. The van der Waals surface area contributed by atoms with Crippen LogP contribution in [0.1, 0.15) is 12.5 Å². The average molecular weight is 499 g/mol. The number of ether oxygens (including phenoxy) is 3. The van der Waals surface area contributed by atoms with Gasteiger partial charge >= 0.3 is 0 Å². The number of methoxy groups -OCH3 is 2. The summed E-state index contributed by atoms with van der Waals surface area (Å²) in [4.78, 5) is 14.6. The van der Waals surface area contributed by atoms with Gasteiger partial charge in [0, 0.05) is 19.7 Å². The lowest BCUT2D eigenvalue weighted by Gasteiger charge is -2.27. The third-order valence-corrected chi connectivity index (χ3v) is 7.12. The van der Waals surface area contributed by atoms with E-state index in [2.05, 4.69) is 0 Å². The molecule has 186 valence electrons. The van der Waals surface area contributed by atoms with Crippen LogP contribution in [0.3, 0.4) is 0 Å². The second-order valence-corrected chi connectivity index (χ2v) is 9.55. The fraction of sp³-hybridized carbons (Fsp3) is 0.269. The minimum atomic E-state index is -4.13. The number of amides is 1. The van der Waals surface area contributed by atoms with Crippen molar-refractivity contribution in [1.82, 2.24) is 4.90 Å². The van der Waals surface area contributed by atoms with Gasteiger partial charge in [-0.1, -0.05) is 30.3 Å². The molecule has 0 aliphatic heterocycles.